The van der Waals surface area contributed by atoms with Gasteiger partial charge in [-0.25, -0.2) is 0 Å². The fourth-order valence-corrected chi connectivity index (χ4v) is 7.07. The first-order chi connectivity index (χ1) is 33.0. The molecule has 0 aromatic carbocycles. The summed E-state index contributed by atoms with van der Waals surface area (Å²) in [5.74, 6) is -1.03. The maximum absolute atomic E-state index is 12.8. The van der Waals surface area contributed by atoms with Gasteiger partial charge >= 0.3 is 17.9 Å². The molecule has 0 bridgehead atoms. The zero-order valence-electron chi connectivity index (χ0n) is 43.1. The van der Waals surface area contributed by atoms with E-state index in [-0.39, 0.29) is 37.5 Å². The third-order valence-electron chi connectivity index (χ3n) is 11.1. The van der Waals surface area contributed by atoms with E-state index >= 15 is 0 Å². The molecule has 0 radical (unpaired) electrons. The summed E-state index contributed by atoms with van der Waals surface area (Å²) >= 11 is 0. The van der Waals surface area contributed by atoms with Crippen molar-refractivity contribution in [2.45, 2.75) is 232 Å². The molecular formula is C61H98O6. The van der Waals surface area contributed by atoms with Gasteiger partial charge in [-0.3, -0.25) is 14.4 Å². The van der Waals surface area contributed by atoms with Gasteiger partial charge in [-0.05, 0) is 83.5 Å². The maximum Gasteiger partial charge on any atom is 0.306 e. The molecule has 1 unspecified atom stereocenters. The standard InChI is InChI=1S/C61H98O6/c1-4-7-10-13-16-19-22-25-27-29-31-33-36-39-42-45-48-51-54-60(63)66-57-58(56-65-59(62)53-50-47-44-41-38-35-24-21-18-15-12-9-6-3)67-61(64)55-52-49-46-43-40-37-34-32-30-28-26-23-20-17-14-11-8-5-2/h9,12,15-16,18-19,21-22,24-25,27,29,31-35,38,41,44,58H,4-8,10-11,13-14,17,20,23,26,28,30,36-37,39-40,42-43,45-57H2,1-3H3/b12-9-,18-15-,19-16-,24-21-,25-22-,29-27-,33-31-,34-32-,38-35-,44-41-. The van der Waals surface area contributed by atoms with Crippen LogP contribution in [-0.2, 0) is 28.6 Å². The lowest BCUT2D eigenvalue weighted by Crippen LogP contribution is -2.30. The van der Waals surface area contributed by atoms with E-state index in [0.717, 1.165) is 89.9 Å². The Morgan fingerprint density at radius 2 is 0.612 bits per heavy atom. The van der Waals surface area contributed by atoms with Crippen LogP contribution in [0, 0.1) is 0 Å². The van der Waals surface area contributed by atoms with Gasteiger partial charge in [0.15, 0.2) is 6.10 Å². The molecule has 6 nitrogen and oxygen atoms in total. The molecule has 0 aliphatic heterocycles. The van der Waals surface area contributed by atoms with E-state index in [9.17, 15) is 14.4 Å². The second kappa shape index (κ2) is 54.4. The van der Waals surface area contributed by atoms with E-state index in [1.165, 1.54) is 89.9 Å². The molecule has 0 aromatic rings. The number of ether oxygens (including phenoxy) is 3. The monoisotopic (exact) mass is 927 g/mol. The highest BCUT2D eigenvalue weighted by Crippen LogP contribution is 2.14. The smallest absolute Gasteiger partial charge is 0.306 e. The van der Waals surface area contributed by atoms with Gasteiger partial charge in [-0.1, -0.05) is 245 Å². The molecule has 378 valence electrons. The van der Waals surface area contributed by atoms with E-state index in [2.05, 4.69) is 87.6 Å². The van der Waals surface area contributed by atoms with Crippen LogP contribution in [0.5, 0.6) is 0 Å². The van der Waals surface area contributed by atoms with Crippen molar-refractivity contribution in [3.63, 3.8) is 0 Å². The largest absolute Gasteiger partial charge is 0.462 e. The predicted molar refractivity (Wildman–Crippen MR) is 288 cm³/mol. The Kier molecular flexibility index (Phi) is 51.0. The van der Waals surface area contributed by atoms with Crippen LogP contribution in [0.15, 0.2) is 122 Å². The number of allylic oxidation sites excluding steroid dienone is 20. The Morgan fingerprint density at radius 1 is 0.313 bits per heavy atom. The van der Waals surface area contributed by atoms with E-state index in [1.54, 1.807) is 0 Å². The molecule has 0 spiro atoms. The summed E-state index contributed by atoms with van der Waals surface area (Å²) in [6.45, 7) is 6.36. The topological polar surface area (TPSA) is 78.9 Å². The van der Waals surface area contributed by atoms with Gasteiger partial charge in [0.25, 0.3) is 0 Å². The van der Waals surface area contributed by atoms with Gasteiger partial charge < -0.3 is 14.2 Å². The quantitative estimate of drug-likeness (QED) is 0.0199. The molecule has 0 saturated carbocycles. The Hall–Kier alpha value is -4.19. The van der Waals surface area contributed by atoms with Crippen LogP contribution >= 0.6 is 0 Å². The Labute approximate surface area is 412 Å². The highest BCUT2D eigenvalue weighted by Gasteiger charge is 2.19. The van der Waals surface area contributed by atoms with Gasteiger partial charge in [0.2, 0.25) is 0 Å². The molecule has 0 heterocycles. The van der Waals surface area contributed by atoms with E-state index in [1.807, 2.05) is 54.7 Å². The maximum atomic E-state index is 12.8. The third kappa shape index (κ3) is 52.6. The van der Waals surface area contributed by atoms with E-state index in [4.69, 9.17) is 14.2 Å². The van der Waals surface area contributed by atoms with E-state index in [0.29, 0.717) is 19.3 Å². The molecule has 0 amide bonds. The summed E-state index contributed by atoms with van der Waals surface area (Å²) < 4.78 is 16.7. The van der Waals surface area contributed by atoms with Crippen LogP contribution in [0.25, 0.3) is 0 Å². The van der Waals surface area contributed by atoms with Crippen molar-refractivity contribution >= 4 is 17.9 Å². The lowest BCUT2D eigenvalue weighted by atomic mass is 10.1. The number of hydrogen-bond donors (Lipinski definition) is 0. The van der Waals surface area contributed by atoms with Gasteiger partial charge in [0.05, 0.1) is 0 Å². The summed E-state index contributed by atoms with van der Waals surface area (Å²) in [5.41, 5.74) is 0. The average molecular weight is 927 g/mol. The van der Waals surface area contributed by atoms with Gasteiger partial charge in [0.1, 0.15) is 13.2 Å². The minimum Gasteiger partial charge on any atom is -0.462 e. The minimum absolute atomic E-state index is 0.119. The van der Waals surface area contributed by atoms with Crippen molar-refractivity contribution in [1.82, 2.24) is 0 Å². The SMILES string of the molecule is CC\C=C/C=C\C=C/C=C\C=C/CCCC(=O)OCC(COC(=O)CCCCCCC\C=C/C=C\C=C/C=C\CCCCC)OC(=O)CCCCCCC/C=C\CCCCCCCCCCC. The highest BCUT2D eigenvalue weighted by atomic mass is 16.6. The molecule has 0 fully saturated rings. The fraction of sp³-hybridized carbons (Fsp3) is 0.623. The van der Waals surface area contributed by atoms with Crippen molar-refractivity contribution in [3.8, 4) is 0 Å². The number of esters is 3. The van der Waals surface area contributed by atoms with Crippen molar-refractivity contribution in [2.75, 3.05) is 13.2 Å². The average Bonchev–Trinajstić information content (AvgIpc) is 3.33. The molecule has 67 heavy (non-hydrogen) atoms. The molecule has 0 aromatic heterocycles. The molecule has 0 aliphatic carbocycles. The molecule has 0 saturated heterocycles. The zero-order chi connectivity index (χ0) is 48.6. The molecule has 0 rings (SSSR count). The van der Waals surface area contributed by atoms with Gasteiger partial charge in [-0.2, -0.15) is 0 Å². The van der Waals surface area contributed by atoms with E-state index < -0.39 is 6.10 Å². The molecular weight excluding hydrogens is 829 g/mol. The van der Waals surface area contributed by atoms with Crippen LogP contribution in [0.4, 0.5) is 0 Å². The summed E-state index contributed by atoms with van der Waals surface area (Å²) in [4.78, 5) is 38.0. The first-order valence-electron chi connectivity index (χ1n) is 27.2. The number of carbonyl (C=O) groups excluding carboxylic acids is 3. The Bertz CT molecular complexity index is 1440. The van der Waals surface area contributed by atoms with Gasteiger partial charge in [-0.15, -0.1) is 0 Å². The zero-order valence-corrected chi connectivity index (χ0v) is 43.1. The van der Waals surface area contributed by atoms with Crippen molar-refractivity contribution < 1.29 is 28.6 Å². The van der Waals surface area contributed by atoms with Crippen molar-refractivity contribution in [3.05, 3.63) is 122 Å². The van der Waals surface area contributed by atoms with Crippen LogP contribution in [0.1, 0.15) is 226 Å². The van der Waals surface area contributed by atoms with Crippen LogP contribution in [-0.4, -0.2) is 37.2 Å². The molecule has 0 aliphatic rings. The summed E-state index contributed by atoms with van der Waals surface area (Å²) in [6, 6.07) is 0. The van der Waals surface area contributed by atoms with Crippen LogP contribution < -0.4 is 0 Å². The summed E-state index contributed by atoms with van der Waals surface area (Å²) in [7, 11) is 0. The van der Waals surface area contributed by atoms with Crippen LogP contribution in [0.2, 0.25) is 0 Å². The van der Waals surface area contributed by atoms with Crippen molar-refractivity contribution in [2.24, 2.45) is 0 Å². The number of unbranched alkanes of at least 4 members (excludes halogenated alkanes) is 23. The lowest BCUT2D eigenvalue weighted by molar-refractivity contribution is -0.167. The highest BCUT2D eigenvalue weighted by molar-refractivity contribution is 5.71. The fourth-order valence-electron chi connectivity index (χ4n) is 7.07. The predicted octanol–water partition coefficient (Wildman–Crippen LogP) is 18.1. The van der Waals surface area contributed by atoms with Crippen molar-refractivity contribution in [1.29, 1.82) is 0 Å². The minimum atomic E-state index is -0.825. The summed E-state index contributed by atoms with van der Waals surface area (Å²) in [5, 5.41) is 0. The molecule has 6 heteroatoms. The second-order valence-corrected chi connectivity index (χ2v) is 17.6. The Balaban J connectivity index is 4.54. The molecule has 1 atom stereocenters. The first kappa shape index (κ1) is 62.8. The number of carbonyl (C=O) groups is 3. The Morgan fingerprint density at radius 3 is 1.04 bits per heavy atom. The van der Waals surface area contributed by atoms with Gasteiger partial charge in [0, 0.05) is 19.3 Å². The number of hydrogen-bond acceptors (Lipinski definition) is 6. The first-order valence-corrected chi connectivity index (χ1v) is 27.2. The second-order valence-electron chi connectivity index (χ2n) is 17.6. The lowest BCUT2D eigenvalue weighted by Gasteiger charge is -2.18. The normalized spacial score (nSPS) is 13.1. The summed E-state index contributed by atoms with van der Waals surface area (Å²) in [6.07, 6.45) is 74.7. The number of rotatable bonds is 47. The molecule has 0 N–H and O–H groups in total. The van der Waals surface area contributed by atoms with Crippen LogP contribution in [0.3, 0.4) is 0 Å². The third-order valence-corrected chi connectivity index (χ3v) is 11.1.